The van der Waals surface area contributed by atoms with Gasteiger partial charge in [-0.05, 0) is 71.3 Å². The highest BCUT2D eigenvalue weighted by Crippen LogP contribution is 2.30. The summed E-state index contributed by atoms with van der Waals surface area (Å²) in [6.45, 7) is 1.72. The van der Waals surface area contributed by atoms with Gasteiger partial charge in [-0.1, -0.05) is 18.2 Å². The van der Waals surface area contributed by atoms with Crippen molar-refractivity contribution in [1.29, 1.82) is 0 Å². The molecule has 0 aliphatic heterocycles. The van der Waals surface area contributed by atoms with Gasteiger partial charge >= 0.3 is 5.97 Å². The molecule has 0 unspecified atom stereocenters. The molecule has 2 heterocycles. The number of ketones is 1. The van der Waals surface area contributed by atoms with Gasteiger partial charge in [0.2, 0.25) is 0 Å². The number of aryl methyl sites for hydroxylation is 2. The van der Waals surface area contributed by atoms with Gasteiger partial charge in [-0.3, -0.25) is 4.79 Å². The van der Waals surface area contributed by atoms with Crippen molar-refractivity contribution >= 4 is 34.0 Å². The maximum atomic E-state index is 13.4. The van der Waals surface area contributed by atoms with E-state index in [0.29, 0.717) is 29.0 Å². The van der Waals surface area contributed by atoms with Crippen LogP contribution in [0.25, 0.3) is 22.0 Å². The van der Waals surface area contributed by atoms with E-state index in [-0.39, 0.29) is 11.6 Å². The zero-order valence-electron chi connectivity index (χ0n) is 16.6. The van der Waals surface area contributed by atoms with Crippen molar-refractivity contribution in [2.45, 2.75) is 19.8 Å². The van der Waals surface area contributed by atoms with Gasteiger partial charge in [-0.25, -0.2) is 9.18 Å². The Hall–Kier alpha value is -3.25. The molecule has 0 aliphatic carbocycles. The molecule has 0 fully saturated rings. The summed E-state index contributed by atoms with van der Waals surface area (Å²) in [5.74, 6) is -0.567. The Bertz CT molecular complexity index is 1250. The molecule has 0 spiro atoms. The number of carbonyl (C=O) groups is 2. The summed E-state index contributed by atoms with van der Waals surface area (Å²) in [6, 6.07) is 14.5. The van der Waals surface area contributed by atoms with Crippen LogP contribution in [0.5, 0.6) is 0 Å². The second-order valence-electron chi connectivity index (χ2n) is 7.18. The van der Waals surface area contributed by atoms with Crippen LogP contribution in [0.1, 0.15) is 37.7 Å². The predicted octanol–water partition coefficient (Wildman–Crippen LogP) is 5.95. The fourth-order valence-corrected chi connectivity index (χ4v) is 4.30. The van der Waals surface area contributed by atoms with Gasteiger partial charge in [0.25, 0.3) is 0 Å². The first kappa shape index (κ1) is 20.0. The van der Waals surface area contributed by atoms with E-state index in [2.05, 4.69) is 4.98 Å². The van der Waals surface area contributed by atoms with Crippen LogP contribution >= 0.6 is 11.3 Å². The van der Waals surface area contributed by atoms with Gasteiger partial charge in [0, 0.05) is 17.3 Å². The number of fused-ring (bicyclic) bond motifs is 1. The third kappa shape index (κ3) is 4.04. The molecule has 0 saturated heterocycles. The van der Waals surface area contributed by atoms with Crippen molar-refractivity contribution in [1.82, 2.24) is 4.98 Å². The number of hydrogen-bond donors (Lipinski definition) is 1. The first-order valence-electron chi connectivity index (χ1n) is 9.53. The number of rotatable bonds is 6. The average molecular weight is 421 g/mol. The number of methoxy groups -OCH3 is 1. The second-order valence-corrected chi connectivity index (χ2v) is 8.09. The largest absolute Gasteiger partial charge is 0.464 e. The molecule has 30 heavy (non-hydrogen) atoms. The molecule has 0 aliphatic rings. The van der Waals surface area contributed by atoms with Gasteiger partial charge in [0.05, 0.1) is 12.0 Å². The Morgan fingerprint density at radius 1 is 1.07 bits per heavy atom. The number of benzene rings is 2. The smallest absolute Gasteiger partial charge is 0.354 e. The number of H-pyrrole nitrogens is 1. The number of nitrogens with one attached hydrogen (secondary N) is 1. The number of thiophene rings is 1. The van der Waals surface area contributed by atoms with Crippen LogP contribution in [0.2, 0.25) is 0 Å². The minimum absolute atomic E-state index is 0.0731. The Balaban J connectivity index is 1.49. The maximum absolute atomic E-state index is 13.4. The van der Waals surface area contributed by atoms with E-state index < -0.39 is 5.97 Å². The van der Waals surface area contributed by atoms with E-state index in [4.69, 9.17) is 4.74 Å². The minimum Gasteiger partial charge on any atom is -0.464 e. The molecule has 2 aromatic carbocycles. The fraction of sp³-hybridized carbons (Fsp3) is 0.167. The van der Waals surface area contributed by atoms with Gasteiger partial charge < -0.3 is 9.72 Å². The number of Topliss-reactive ketones (excluding diaryl/α,β-unsaturated/α-hetero) is 1. The van der Waals surface area contributed by atoms with E-state index in [1.165, 1.54) is 24.5 Å². The summed E-state index contributed by atoms with van der Waals surface area (Å²) in [6.07, 6.45) is 0.961. The van der Waals surface area contributed by atoms with Crippen molar-refractivity contribution in [3.63, 3.8) is 0 Å². The maximum Gasteiger partial charge on any atom is 0.354 e. The molecule has 6 heteroatoms. The monoisotopic (exact) mass is 421 g/mol. The van der Waals surface area contributed by atoms with Crippen LogP contribution in [-0.2, 0) is 11.2 Å². The van der Waals surface area contributed by atoms with E-state index in [1.807, 2.05) is 29.6 Å². The summed E-state index contributed by atoms with van der Waals surface area (Å²) in [7, 11) is 1.35. The molecule has 1 N–H and O–H groups in total. The molecule has 0 saturated carbocycles. The number of halogens is 1. The topological polar surface area (TPSA) is 59.2 Å². The van der Waals surface area contributed by atoms with E-state index >= 15 is 0 Å². The number of aromatic nitrogens is 1. The Labute approximate surface area is 177 Å². The first-order valence-corrected chi connectivity index (χ1v) is 10.4. The van der Waals surface area contributed by atoms with Gasteiger partial charge in [0.15, 0.2) is 5.78 Å². The molecule has 0 radical (unpaired) electrons. The van der Waals surface area contributed by atoms with Crippen molar-refractivity contribution in [3.05, 3.63) is 81.4 Å². The Morgan fingerprint density at radius 2 is 1.90 bits per heavy atom. The first-order chi connectivity index (χ1) is 14.4. The number of hydrogen-bond acceptors (Lipinski definition) is 4. The molecule has 2 aromatic heterocycles. The third-order valence-corrected chi connectivity index (χ3v) is 6.07. The lowest BCUT2D eigenvalue weighted by Gasteiger charge is -2.03. The molecule has 0 bridgehead atoms. The molecule has 4 rings (SSSR count). The lowest BCUT2D eigenvalue weighted by atomic mass is 10.0. The van der Waals surface area contributed by atoms with E-state index in [1.54, 1.807) is 25.1 Å². The minimum atomic E-state index is -0.410. The van der Waals surface area contributed by atoms with Crippen LogP contribution in [0.3, 0.4) is 0 Å². The number of ether oxygens (including phenoxy) is 1. The SMILES string of the molecule is COC(=O)c1cc2cc(-c3csc(C(=O)CCc4ccc(F)c(C)c4)c3)ccc2[nH]1. The number of esters is 1. The Morgan fingerprint density at radius 3 is 2.67 bits per heavy atom. The van der Waals surface area contributed by atoms with Crippen LogP contribution in [-0.4, -0.2) is 23.8 Å². The summed E-state index contributed by atoms with van der Waals surface area (Å²) in [5.41, 5.74) is 4.74. The molecule has 152 valence electrons. The lowest BCUT2D eigenvalue weighted by molar-refractivity contribution is 0.0595. The standard InChI is InChI=1S/C24H20FNO3S/c1-14-9-15(3-6-19(14)25)4-8-22(27)23-12-18(13-30-23)16-5-7-20-17(10-16)11-21(26-20)24(28)29-2/h3,5-7,9-13,26H,4,8H2,1-2H3. The number of aromatic amines is 1. The fourth-order valence-electron chi connectivity index (χ4n) is 3.41. The third-order valence-electron chi connectivity index (χ3n) is 5.10. The second kappa shape index (κ2) is 8.24. The van der Waals surface area contributed by atoms with Gasteiger partial charge in [-0.15, -0.1) is 11.3 Å². The van der Waals surface area contributed by atoms with Gasteiger partial charge in [-0.2, -0.15) is 0 Å². The molecule has 0 amide bonds. The quantitative estimate of drug-likeness (QED) is 0.309. The van der Waals surface area contributed by atoms with Crippen LogP contribution in [0.4, 0.5) is 4.39 Å². The van der Waals surface area contributed by atoms with Crippen LogP contribution in [0, 0.1) is 12.7 Å². The Kier molecular flexibility index (Phi) is 5.50. The highest BCUT2D eigenvalue weighted by atomic mass is 32.1. The molecule has 4 aromatic rings. The average Bonchev–Trinajstić information content (AvgIpc) is 3.40. The highest BCUT2D eigenvalue weighted by Gasteiger charge is 2.13. The molecular weight excluding hydrogens is 401 g/mol. The van der Waals surface area contributed by atoms with Crippen molar-refractivity contribution in [2.24, 2.45) is 0 Å². The van der Waals surface area contributed by atoms with Gasteiger partial charge in [0.1, 0.15) is 11.5 Å². The summed E-state index contributed by atoms with van der Waals surface area (Å²) < 4.78 is 18.1. The lowest BCUT2D eigenvalue weighted by Crippen LogP contribution is -2.00. The summed E-state index contributed by atoms with van der Waals surface area (Å²) in [4.78, 5) is 28.1. The predicted molar refractivity (Wildman–Crippen MR) is 117 cm³/mol. The van der Waals surface area contributed by atoms with Crippen LogP contribution in [0.15, 0.2) is 53.9 Å². The number of carbonyl (C=O) groups excluding carboxylic acids is 2. The van der Waals surface area contributed by atoms with Crippen molar-refractivity contribution in [2.75, 3.05) is 7.11 Å². The van der Waals surface area contributed by atoms with Crippen LogP contribution < -0.4 is 0 Å². The normalized spacial score (nSPS) is 11.0. The summed E-state index contributed by atoms with van der Waals surface area (Å²) in [5, 5.41) is 2.86. The highest BCUT2D eigenvalue weighted by molar-refractivity contribution is 7.12. The molecule has 0 atom stereocenters. The zero-order valence-corrected chi connectivity index (χ0v) is 17.4. The van der Waals surface area contributed by atoms with E-state index in [0.717, 1.165) is 27.6 Å². The van der Waals surface area contributed by atoms with Crippen molar-refractivity contribution in [3.8, 4) is 11.1 Å². The van der Waals surface area contributed by atoms with E-state index in [9.17, 15) is 14.0 Å². The van der Waals surface area contributed by atoms with Crippen molar-refractivity contribution < 1.29 is 18.7 Å². The zero-order chi connectivity index (χ0) is 21.3. The molecular formula is C24H20FNO3S. The molecule has 4 nitrogen and oxygen atoms in total. The summed E-state index contributed by atoms with van der Waals surface area (Å²) >= 11 is 1.42.